The van der Waals surface area contributed by atoms with E-state index in [1.54, 1.807) is 30.4 Å². The molecule has 1 atom stereocenters. The number of hydrogen-bond donors (Lipinski definition) is 4. The zero-order valence-corrected chi connectivity index (χ0v) is 19.0. The third-order valence-electron chi connectivity index (χ3n) is 5.18. The van der Waals surface area contributed by atoms with Crippen molar-refractivity contribution in [2.45, 2.75) is 32.5 Å². The lowest BCUT2D eigenvalue weighted by Crippen LogP contribution is -2.41. The lowest BCUT2D eigenvalue weighted by Gasteiger charge is -2.18. The van der Waals surface area contributed by atoms with Gasteiger partial charge in [0.1, 0.15) is 6.04 Å². The largest absolute Gasteiger partial charge is 0.480 e. The van der Waals surface area contributed by atoms with Crippen LogP contribution in [0.1, 0.15) is 33.6 Å². The molecule has 3 aromatic rings. The Morgan fingerprint density at radius 1 is 1.16 bits per heavy atom. The molecule has 0 aliphatic carbocycles. The third-order valence-corrected chi connectivity index (χ3v) is 5.82. The molecular formula is C24H28N4O3S. The first-order chi connectivity index (χ1) is 15.5. The summed E-state index contributed by atoms with van der Waals surface area (Å²) < 4.78 is 0. The van der Waals surface area contributed by atoms with Crippen LogP contribution in [0.15, 0.2) is 55.0 Å². The molecule has 1 heterocycles. The number of H-pyrrole nitrogens is 1. The molecule has 0 radical (unpaired) electrons. The smallest absolute Gasteiger partial charge is 0.326 e. The average molecular weight is 453 g/mol. The van der Waals surface area contributed by atoms with Gasteiger partial charge in [-0.15, -0.1) is 0 Å². The van der Waals surface area contributed by atoms with E-state index in [2.05, 4.69) is 20.6 Å². The summed E-state index contributed by atoms with van der Waals surface area (Å²) in [6, 6.07) is 12.6. The first kappa shape index (κ1) is 23.6. The van der Waals surface area contributed by atoms with Crippen molar-refractivity contribution in [3.8, 4) is 11.1 Å². The van der Waals surface area contributed by atoms with Crippen molar-refractivity contribution in [2.24, 2.45) is 0 Å². The number of aryl methyl sites for hydroxylation is 1. The number of carboxylic acid groups (broad SMARTS) is 1. The Kier molecular flexibility index (Phi) is 8.47. The van der Waals surface area contributed by atoms with Gasteiger partial charge in [-0.3, -0.25) is 4.79 Å². The van der Waals surface area contributed by atoms with Crippen molar-refractivity contribution in [1.82, 2.24) is 20.6 Å². The second-order valence-corrected chi connectivity index (χ2v) is 8.51. The number of carboxylic acids is 1. The van der Waals surface area contributed by atoms with E-state index in [1.165, 1.54) is 0 Å². The predicted molar refractivity (Wildman–Crippen MR) is 128 cm³/mol. The number of rotatable bonds is 11. The highest BCUT2D eigenvalue weighted by atomic mass is 32.2. The van der Waals surface area contributed by atoms with Crippen molar-refractivity contribution >= 4 is 23.6 Å². The Balaban J connectivity index is 1.86. The Morgan fingerprint density at radius 2 is 1.97 bits per heavy atom. The topological polar surface area (TPSA) is 107 Å². The van der Waals surface area contributed by atoms with Crippen molar-refractivity contribution in [3.05, 3.63) is 77.4 Å². The van der Waals surface area contributed by atoms with Crippen molar-refractivity contribution in [1.29, 1.82) is 0 Å². The molecule has 1 aromatic heterocycles. The maximum Gasteiger partial charge on any atom is 0.326 e. The first-order valence-corrected chi connectivity index (χ1v) is 11.8. The van der Waals surface area contributed by atoms with Crippen LogP contribution < -0.4 is 10.6 Å². The van der Waals surface area contributed by atoms with Crippen LogP contribution in [0.2, 0.25) is 0 Å². The average Bonchev–Trinajstić information content (AvgIpc) is 3.30. The lowest BCUT2D eigenvalue weighted by atomic mass is 9.93. The van der Waals surface area contributed by atoms with Crippen LogP contribution in [0.3, 0.4) is 0 Å². The number of thioether (sulfide) groups is 1. The van der Waals surface area contributed by atoms with Crippen molar-refractivity contribution in [2.75, 3.05) is 12.0 Å². The second kappa shape index (κ2) is 11.5. The molecule has 2 aromatic carbocycles. The van der Waals surface area contributed by atoms with Crippen LogP contribution in [0.5, 0.6) is 0 Å². The number of aromatic amines is 1. The molecule has 1 amide bonds. The minimum Gasteiger partial charge on any atom is -0.480 e. The monoisotopic (exact) mass is 452 g/mol. The Labute approximate surface area is 192 Å². The van der Waals surface area contributed by atoms with Crippen LogP contribution in [0.25, 0.3) is 11.1 Å². The Bertz CT molecular complexity index is 1050. The Hall–Kier alpha value is -3.10. The molecule has 0 saturated heterocycles. The SMILES string of the molecule is CSCCC(NC(=O)c1ccc(CNCc2cnc[nH]2)cc1-c1ccccc1C)C(=O)O. The van der Waals surface area contributed by atoms with Crippen LogP contribution in [-0.4, -0.2) is 45.0 Å². The first-order valence-electron chi connectivity index (χ1n) is 10.4. The molecule has 0 aliphatic rings. The molecule has 4 N–H and O–H groups in total. The van der Waals surface area contributed by atoms with Crippen LogP contribution in [-0.2, 0) is 17.9 Å². The highest BCUT2D eigenvalue weighted by molar-refractivity contribution is 7.98. The van der Waals surface area contributed by atoms with Gasteiger partial charge in [0.15, 0.2) is 0 Å². The molecule has 0 saturated carbocycles. The van der Waals surface area contributed by atoms with Gasteiger partial charge in [-0.1, -0.05) is 30.3 Å². The van der Waals surface area contributed by atoms with Gasteiger partial charge >= 0.3 is 5.97 Å². The van der Waals surface area contributed by atoms with Gasteiger partial charge < -0.3 is 20.7 Å². The number of carbonyl (C=O) groups excluding carboxylic acids is 1. The number of imidazole rings is 1. The van der Waals surface area contributed by atoms with E-state index in [1.807, 2.05) is 49.6 Å². The molecule has 32 heavy (non-hydrogen) atoms. The maximum absolute atomic E-state index is 13.1. The summed E-state index contributed by atoms with van der Waals surface area (Å²) >= 11 is 1.55. The molecule has 7 nitrogen and oxygen atoms in total. The zero-order chi connectivity index (χ0) is 22.9. The number of hydrogen-bond acceptors (Lipinski definition) is 5. The highest BCUT2D eigenvalue weighted by Gasteiger charge is 2.22. The standard InChI is InChI=1S/C24H28N4O3S/c1-16-5-3-4-6-19(16)21-11-17(12-25-13-18-14-26-15-27-18)7-8-20(21)23(29)28-22(24(30)31)9-10-32-2/h3-8,11,14-15,22,25H,9-10,12-13H2,1-2H3,(H,26,27)(H,28,29)(H,30,31). The number of amides is 1. The molecule has 8 heteroatoms. The molecule has 0 spiro atoms. The fourth-order valence-electron chi connectivity index (χ4n) is 3.45. The van der Waals surface area contributed by atoms with Gasteiger partial charge in [0.25, 0.3) is 5.91 Å². The number of nitrogens with zero attached hydrogens (tertiary/aromatic N) is 1. The van der Waals surface area contributed by atoms with Gasteiger partial charge in [0.05, 0.1) is 6.33 Å². The maximum atomic E-state index is 13.1. The molecule has 1 unspecified atom stereocenters. The van der Waals surface area contributed by atoms with E-state index >= 15 is 0 Å². The molecule has 0 fully saturated rings. The summed E-state index contributed by atoms with van der Waals surface area (Å²) in [6.45, 7) is 3.27. The number of aliphatic carboxylic acids is 1. The van der Waals surface area contributed by atoms with Gasteiger partial charge in [0.2, 0.25) is 0 Å². The highest BCUT2D eigenvalue weighted by Crippen LogP contribution is 2.28. The van der Waals surface area contributed by atoms with E-state index in [9.17, 15) is 14.7 Å². The number of carbonyl (C=O) groups is 2. The number of aromatic nitrogens is 2. The summed E-state index contributed by atoms with van der Waals surface area (Å²) in [6.07, 6.45) is 5.70. The minimum absolute atomic E-state index is 0.373. The molecule has 168 valence electrons. The minimum atomic E-state index is -1.02. The quantitative estimate of drug-likeness (QED) is 0.354. The van der Waals surface area contributed by atoms with E-state index in [0.29, 0.717) is 30.8 Å². The predicted octanol–water partition coefficient (Wildman–Crippen LogP) is 3.61. The summed E-state index contributed by atoms with van der Waals surface area (Å²) in [5, 5.41) is 15.6. The third kappa shape index (κ3) is 6.21. The van der Waals surface area contributed by atoms with E-state index in [4.69, 9.17) is 0 Å². The molecule has 3 rings (SSSR count). The Morgan fingerprint density at radius 3 is 2.66 bits per heavy atom. The molecule has 0 aliphatic heterocycles. The van der Waals surface area contributed by atoms with Gasteiger partial charge in [0, 0.05) is 30.5 Å². The van der Waals surface area contributed by atoms with Crippen molar-refractivity contribution in [3.63, 3.8) is 0 Å². The fourth-order valence-corrected chi connectivity index (χ4v) is 3.92. The van der Waals surface area contributed by atoms with Crippen molar-refractivity contribution < 1.29 is 14.7 Å². The summed E-state index contributed by atoms with van der Waals surface area (Å²) in [5.41, 5.74) is 5.26. The zero-order valence-electron chi connectivity index (χ0n) is 18.2. The van der Waals surface area contributed by atoms with Gasteiger partial charge in [-0.05, 0) is 59.7 Å². The van der Waals surface area contributed by atoms with Gasteiger partial charge in [-0.2, -0.15) is 11.8 Å². The van der Waals surface area contributed by atoms with Crippen LogP contribution >= 0.6 is 11.8 Å². The van der Waals surface area contributed by atoms with E-state index in [0.717, 1.165) is 27.9 Å². The van der Waals surface area contributed by atoms with Gasteiger partial charge in [-0.25, -0.2) is 9.78 Å². The second-order valence-electron chi connectivity index (χ2n) is 7.52. The van der Waals surface area contributed by atoms with E-state index in [-0.39, 0.29) is 5.91 Å². The fraction of sp³-hybridized carbons (Fsp3) is 0.292. The number of benzene rings is 2. The van der Waals surface area contributed by atoms with E-state index < -0.39 is 12.0 Å². The van der Waals surface area contributed by atoms with Crippen LogP contribution in [0.4, 0.5) is 0 Å². The normalized spacial score (nSPS) is 11.8. The summed E-state index contributed by atoms with van der Waals surface area (Å²) in [7, 11) is 0. The molecular weight excluding hydrogens is 424 g/mol. The summed E-state index contributed by atoms with van der Waals surface area (Å²) in [4.78, 5) is 31.8. The lowest BCUT2D eigenvalue weighted by molar-refractivity contribution is -0.139. The molecule has 0 bridgehead atoms. The number of nitrogens with one attached hydrogen (secondary N) is 3. The van der Waals surface area contributed by atoms with Crippen LogP contribution in [0, 0.1) is 6.92 Å². The summed E-state index contributed by atoms with van der Waals surface area (Å²) in [5.74, 6) is -0.749.